The van der Waals surface area contributed by atoms with Gasteiger partial charge in [0.25, 0.3) is 0 Å². The lowest BCUT2D eigenvalue weighted by atomic mass is 9.75. The highest BCUT2D eigenvalue weighted by Crippen LogP contribution is 2.38. The number of benzene rings is 1. The van der Waals surface area contributed by atoms with Crippen molar-refractivity contribution in [2.24, 2.45) is 11.8 Å². The summed E-state index contributed by atoms with van der Waals surface area (Å²) in [5.74, 6) is 1.80. The average Bonchev–Trinajstić information content (AvgIpc) is 2.46. The Morgan fingerprint density at radius 2 is 1.95 bits per heavy atom. The summed E-state index contributed by atoms with van der Waals surface area (Å²) in [6.45, 7) is 4.41. The van der Waals surface area contributed by atoms with Gasteiger partial charge in [-0.15, -0.1) is 0 Å². The Morgan fingerprint density at radius 3 is 2.74 bits per heavy atom. The molecule has 0 amide bonds. The molecule has 2 atom stereocenters. The molecule has 1 saturated carbocycles. The van der Waals surface area contributed by atoms with Crippen molar-refractivity contribution >= 4 is 5.69 Å². The van der Waals surface area contributed by atoms with Gasteiger partial charge in [0, 0.05) is 13.1 Å². The highest BCUT2D eigenvalue weighted by Gasteiger charge is 2.32. The minimum atomic E-state index is 0.842. The molecule has 1 saturated heterocycles. The number of anilines is 1. The molecular formula is C17H22N2. The second-order valence-corrected chi connectivity index (χ2v) is 6.12. The van der Waals surface area contributed by atoms with E-state index in [9.17, 15) is 5.26 Å². The van der Waals surface area contributed by atoms with Gasteiger partial charge < -0.3 is 4.90 Å². The Bertz CT molecular complexity index is 500. The molecule has 0 aromatic heterocycles. The SMILES string of the molecule is Cc1cccc(C#N)c1N1CCC2CCCCC2C1. The van der Waals surface area contributed by atoms with E-state index in [1.807, 2.05) is 12.1 Å². The summed E-state index contributed by atoms with van der Waals surface area (Å²) in [7, 11) is 0. The van der Waals surface area contributed by atoms with Crippen molar-refractivity contribution in [3.8, 4) is 6.07 Å². The number of aryl methyl sites for hydroxylation is 1. The molecular weight excluding hydrogens is 232 g/mol. The maximum absolute atomic E-state index is 9.33. The van der Waals surface area contributed by atoms with Crippen molar-refractivity contribution in [2.45, 2.75) is 39.0 Å². The molecule has 0 spiro atoms. The maximum atomic E-state index is 9.33. The van der Waals surface area contributed by atoms with Crippen molar-refractivity contribution in [2.75, 3.05) is 18.0 Å². The lowest BCUT2D eigenvalue weighted by molar-refractivity contribution is 0.202. The van der Waals surface area contributed by atoms with Gasteiger partial charge in [-0.25, -0.2) is 0 Å². The predicted molar refractivity (Wildman–Crippen MR) is 78.2 cm³/mol. The molecule has 2 aliphatic rings. The Kier molecular flexibility index (Phi) is 3.46. The van der Waals surface area contributed by atoms with Crippen molar-refractivity contribution in [3.05, 3.63) is 29.3 Å². The van der Waals surface area contributed by atoms with Crippen LogP contribution in [0.1, 0.15) is 43.2 Å². The number of para-hydroxylation sites is 1. The molecule has 0 N–H and O–H groups in total. The topological polar surface area (TPSA) is 27.0 Å². The van der Waals surface area contributed by atoms with E-state index in [-0.39, 0.29) is 0 Å². The Morgan fingerprint density at radius 1 is 1.16 bits per heavy atom. The second-order valence-electron chi connectivity index (χ2n) is 6.12. The maximum Gasteiger partial charge on any atom is 0.101 e. The summed E-state index contributed by atoms with van der Waals surface area (Å²) >= 11 is 0. The second kappa shape index (κ2) is 5.25. The first-order valence-electron chi connectivity index (χ1n) is 7.54. The number of nitriles is 1. The van der Waals surface area contributed by atoms with E-state index in [2.05, 4.69) is 24.0 Å². The highest BCUT2D eigenvalue weighted by atomic mass is 15.1. The van der Waals surface area contributed by atoms with Crippen LogP contribution < -0.4 is 4.90 Å². The van der Waals surface area contributed by atoms with E-state index in [0.717, 1.165) is 30.5 Å². The number of nitrogens with zero attached hydrogens (tertiary/aromatic N) is 2. The first-order chi connectivity index (χ1) is 9.29. The molecule has 2 fully saturated rings. The van der Waals surface area contributed by atoms with E-state index in [4.69, 9.17) is 0 Å². The Labute approximate surface area is 116 Å². The van der Waals surface area contributed by atoms with Crippen LogP contribution >= 0.6 is 0 Å². The predicted octanol–water partition coefficient (Wildman–Crippen LogP) is 3.88. The summed E-state index contributed by atoms with van der Waals surface area (Å²) < 4.78 is 0. The Hall–Kier alpha value is -1.49. The largest absolute Gasteiger partial charge is 0.370 e. The third-order valence-corrected chi connectivity index (χ3v) is 4.97. The van der Waals surface area contributed by atoms with Crippen LogP contribution in [0, 0.1) is 30.1 Å². The molecule has 1 aliphatic carbocycles. The van der Waals surface area contributed by atoms with E-state index in [1.165, 1.54) is 43.4 Å². The lowest BCUT2D eigenvalue weighted by Crippen LogP contribution is -2.42. The third kappa shape index (κ3) is 2.34. The average molecular weight is 254 g/mol. The van der Waals surface area contributed by atoms with Gasteiger partial charge in [-0.2, -0.15) is 5.26 Å². The molecule has 2 nitrogen and oxygen atoms in total. The summed E-state index contributed by atoms with van der Waals surface area (Å²) in [6, 6.07) is 8.44. The van der Waals surface area contributed by atoms with Crippen LogP contribution in [0.3, 0.4) is 0 Å². The van der Waals surface area contributed by atoms with Gasteiger partial charge in [0.15, 0.2) is 0 Å². The zero-order valence-electron chi connectivity index (χ0n) is 11.7. The monoisotopic (exact) mass is 254 g/mol. The molecule has 1 aromatic carbocycles. The minimum absolute atomic E-state index is 0.842. The summed E-state index contributed by atoms with van der Waals surface area (Å²) in [5, 5.41) is 9.33. The molecule has 19 heavy (non-hydrogen) atoms. The molecule has 1 heterocycles. The normalized spacial score (nSPS) is 26.6. The van der Waals surface area contributed by atoms with E-state index < -0.39 is 0 Å². The number of hydrogen-bond donors (Lipinski definition) is 0. The molecule has 100 valence electrons. The van der Waals surface area contributed by atoms with Gasteiger partial charge in [0.2, 0.25) is 0 Å². The highest BCUT2D eigenvalue weighted by molar-refractivity contribution is 5.64. The summed E-state index contributed by atoms with van der Waals surface area (Å²) in [4.78, 5) is 2.47. The standard InChI is InChI=1S/C17H22N2/c1-13-5-4-8-15(11-18)17(13)19-10-9-14-6-2-3-7-16(14)12-19/h4-5,8,14,16H,2-3,6-7,9-10,12H2,1H3. The fourth-order valence-electron chi connectivity index (χ4n) is 3.97. The van der Waals surface area contributed by atoms with Gasteiger partial charge in [-0.3, -0.25) is 0 Å². The Balaban J connectivity index is 1.86. The van der Waals surface area contributed by atoms with Crippen LogP contribution in [0.5, 0.6) is 0 Å². The van der Waals surface area contributed by atoms with Crippen LogP contribution in [0.4, 0.5) is 5.69 Å². The minimum Gasteiger partial charge on any atom is -0.370 e. The van der Waals surface area contributed by atoms with E-state index >= 15 is 0 Å². The van der Waals surface area contributed by atoms with Crippen LogP contribution in [0.15, 0.2) is 18.2 Å². The molecule has 0 radical (unpaired) electrons. The molecule has 0 bridgehead atoms. The van der Waals surface area contributed by atoms with Gasteiger partial charge in [-0.1, -0.05) is 31.4 Å². The van der Waals surface area contributed by atoms with Crippen molar-refractivity contribution in [1.82, 2.24) is 0 Å². The molecule has 3 rings (SSSR count). The molecule has 1 aliphatic heterocycles. The lowest BCUT2D eigenvalue weighted by Gasteiger charge is -2.43. The van der Waals surface area contributed by atoms with Gasteiger partial charge in [0.1, 0.15) is 6.07 Å². The van der Waals surface area contributed by atoms with E-state index in [1.54, 1.807) is 0 Å². The first kappa shape index (κ1) is 12.5. The van der Waals surface area contributed by atoms with Gasteiger partial charge >= 0.3 is 0 Å². The van der Waals surface area contributed by atoms with Crippen molar-refractivity contribution < 1.29 is 0 Å². The van der Waals surface area contributed by atoms with E-state index in [0.29, 0.717) is 0 Å². The van der Waals surface area contributed by atoms with Gasteiger partial charge in [-0.05, 0) is 43.2 Å². The summed E-state index contributed by atoms with van der Waals surface area (Å²) in [5.41, 5.74) is 3.27. The zero-order chi connectivity index (χ0) is 13.2. The van der Waals surface area contributed by atoms with Crippen molar-refractivity contribution in [1.29, 1.82) is 5.26 Å². The van der Waals surface area contributed by atoms with Crippen LogP contribution in [-0.2, 0) is 0 Å². The fourth-order valence-corrected chi connectivity index (χ4v) is 3.97. The fraction of sp³-hybridized carbons (Fsp3) is 0.588. The number of rotatable bonds is 1. The molecule has 2 unspecified atom stereocenters. The molecule has 2 heteroatoms. The van der Waals surface area contributed by atoms with Crippen LogP contribution in [0.2, 0.25) is 0 Å². The number of piperidine rings is 1. The third-order valence-electron chi connectivity index (χ3n) is 4.97. The quantitative estimate of drug-likeness (QED) is 0.760. The van der Waals surface area contributed by atoms with Crippen LogP contribution in [-0.4, -0.2) is 13.1 Å². The first-order valence-corrected chi connectivity index (χ1v) is 7.54. The summed E-state index contributed by atoms with van der Waals surface area (Å²) in [6.07, 6.45) is 6.94. The smallest absolute Gasteiger partial charge is 0.101 e. The molecule has 1 aromatic rings. The number of hydrogen-bond acceptors (Lipinski definition) is 2. The van der Waals surface area contributed by atoms with Crippen LogP contribution in [0.25, 0.3) is 0 Å². The zero-order valence-corrected chi connectivity index (χ0v) is 11.7. The van der Waals surface area contributed by atoms with Gasteiger partial charge in [0.05, 0.1) is 11.3 Å². The van der Waals surface area contributed by atoms with Crippen molar-refractivity contribution in [3.63, 3.8) is 0 Å². The number of fused-ring (bicyclic) bond motifs is 1.